The predicted molar refractivity (Wildman–Crippen MR) is 95.2 cm³/mol. The molecule has 1 amide bonds. The minimum absolute atomic E-state index is 0.0210. The molecule has 1 aromatic carbocycles. The molecule has 0 bridgehead atoms. The van der Waals surface area contributed by atoms with E-state index in [2.05, 4.69) is 10.3 Å². The fraction of sp³-hybridized carbons (Fsp3) is 0.333. The van der Waals surface area contributed by atoms with Crippen LogP contribution >= 0.6 is 11.6 Å². The number of aromatic amines is 1. The van der Waals surface area contributed by atoms with E-state index < -0.39 is 23.6 Å². The Hall–Kier alpha value is -2.48. The van der Waals surface area contributed by atoms with E-state index in [9.17, 15) is 22.8 Å². The first kappa shape index (κ1) is 20.8. The van der Waals surface area contributed by atoms with Gasteiger partial charge < -0.3 is 15.0 Å². The molecule has 0 saturated carbocycles. The highest BCUT2D eigenvalue weighted by Gasteiger charge is 2.31. The Morgan fingerprint density at radius 1 is 1.22 bits per heavy atom. The summed E-state index contributed by atoms with van der Waals surface area (Å²) in [6, 6.07) is 2.62. The lowest BCUT2D eigenvalue weighted by Crippen LogP contribution is -2.16. The van der Waals surface area contributed by atoms with E-state index in [0.717, 1.165) is 18.2 Å². The molecule has 0 spiro atoms. The predicted octanol–water partition coefficient (Wildman–Crippen LogP) is 5.12. The molecule has 2 rings (SSSR count). The average Bonchev–Trinajstić information content (AvgIpc) is 2.82. The summed E-state index contributed by atoms with van der Waals surface area (Å²) in [5.41, 5.74) is 0.260. The third-order valence-corrected chi connectivity index (χ3v) is 4.07. The molecule has 0 aliphatic heterocycles. The largest absolute Gasteiger partial charge is 0.459 e. The van der Waals surface area contributed by atoms with Gasteiger partial charge in [-0.25, -0.2) is 4.79 Å². The molecule has 0 fully saturated rings. The number of ether oxygens (including phenoxy) is 1. The van der Waals surface area contributed by atoms with E-state index in [1.807, 2.05) is 0 Å². The Balaban J connectivity index is 2.28. The maximum absolute atomic E-state index is 12.7. The van der Waals surface area contributed by atoms with E-state index in [1.165, 1.54) is 0 Å². The van der Waals surface area contributed by atoms with Crippen molar-refractivity contribution < 1.29 is 27.5 Å². The highest BCUT2D eigenvalue weighted by molar-refractivity contribution is 6.34. The summed E-state index contributed by atoms with van der Waals surface area (Å²) in [7, 11) is 0. The van der Waals surface area contributed by atoms with Crippen molar-refractivity contribution >= 4 is 29.2 Å². The van der Waals surface area contributed by atoms with E-state index in [4.69, 9.17) is 16.3 Å². The fourth-order valence-corrected chi connectivity index (χ4v) is 2.76. The van der Waals surface area contributed by atoms with Gasteiger partial charge in [0.1, 0.15) is 5.69 Å². The van der Waals surface area contributed by atoms with Crippen LogP contribution in [0.15, 0.2) is 18.2 Å². The van der Waals surface area contributed by atoms with Gasteiger partial charge in [0.05, 0.1) is 27.9 Å². The van der Waals surface area contributed by atoms with Crippen LogP contribution in [0, 0.1) is 13.8 Å². The Morgan fingerprint density at radius 3 is 2.37 bits per heavy atom. The fourth-order valence-electron chi connectivity index (χ4n) is 2.53. The number of amides is 1. The van der Waals surface area contributed by atoms with E-state index in [-0.39, 0.29) is 28.1 Å². The van der Waals surface area contributed by atoms with Gasteiger partial charge in [0.2, 0.25) is 0 Å². The van der Waals surface area contributed by atoms with Crippen molar-refractivity contribution in [3.05, 3.63) is 51.3 Å². The van der Waals surface area contributed by atoms with Crippen LogP contribution < -0.4 is 5.32 Å². The summed E-state index contributed by atoms with van der Waals surface area (Å²) in [6.07, 6.45) is -4.86. The number of aryl methyl sites for hydroxylation is 1. The van der Waals surface area contributed by atoms with Crippen molar-refractivity contribution in [2.75, 3.05) is 5.32 Å². The van der Waals surface area contributed by atoms with Crippen molar-refractivity contribution in [1.29, 1.82) is 0 Å². The normalized spacial score (nSPS) is 11.6. The molecule has 27 heavy (non-hydrogen) atoms. The van der Waals surface area contributed by atoms with Gasteiger partial charge in [0, 0.05) is 5.69 Å². The van der Waals surface area contributed by atoms with Crippen LogP contribution in [0.5, 0.6) is 0 Å². The van der Waals surface area contributed by atoms with E-state index >= 15 is 0 Å². The van der Waals surface area contributed by atoms with Gasteiger partial charge in [-0.05, 0) is 51.5 Å². The third-order valence-electron chi connectivity index (χ3n) is 3.76. The van der Waals surface area contributed by atoms with Gasteiger partial charge in [0.25, 0.3) is 5.91 Å². The number of anilines is 1. The first-order valence-corrected chi connectivity index (χ1v) is 8.37. The molecule has 0 saturated heterocycles. The number of H-pyrrole nitrogens is 1. The molecular weight excluding hydrogens is 385 g/mol. The molecule has 0 aliphatic carbocycles. The SMILES string of the molecule is Cc1[nH]c(C(=O)Nc2ccc(C(F)(F)F)cc2Cl)c(C)c1C(=O)OC(C)C. The van der Waals surface area contributed by atoms with Crippen LogP contribution in [-0.4, -0.2) is 23.0 Å². The number of rotatable bonds is 4. The topological polar surface area (TPSA) is 71.2 Å². The number of hydrogen-bond donors (Lipinski definition) is 2. The van der Waals surface area contributed by atoms with Gasteiger partial charge in [-0.2, -0.15) is 13.2 Å². The third kappa shape index (κ3) is 4.63. The quantitative estimate of drug-likeness (QED) is 0.697. The Bertz CT molecular complexity index is 889. The van der Waals surface area contributed by atoms with Crippen LogP contribution in [0.3, 0.4) is 0 Å². The number of carbonyl (C=O) groups excluding carboxylic acids is 2. The van der Waals surface area contributed by atoms with Crippen molar-refractivity contribution in [2.45, 2.75) is 40.0 Å². The summed E-state index contributed by atoms with van der Waals surface area (Å²) in [5.74, 6) is -1.20. The van der Waals surface area contributed by atoms with E-state index in [0.29, 0.717) is 11.3 Å². The Labute approximate surface area is 158 Å². The number of esters is 1. The van der Waals surface area contributed by atoms with Crippen LogP contribution in [0.1, 0.15) is 51.5 Å². The molecule has 0 atom stereocenters. The molecule has 9 heteroatoms. The number of alkyl halides is 3. The monoisotopic (exact) mass is 402 g/mol. The summed E-state index contributed by atoms with van der Waals surface area (Å²) in [4.78, 5) is 27.5. The summed E-state index contributed by atoms with van der Waals surface area (Å²) < 4.78 is 43.3. The maximum Gasteiger partial charge on any atom is 0.416 e. The lowest BCUT2D eigenvalue weighted by molar-refractivity contribution is -0.137. The van der Waals surface area contributed by atoms with Gasteiger partial charge in [-0.1, -0.05) is 11.6 Å². The minimum Gasteiger partial charge on any atom is -0.459 e. The second kappa shape index (κ2) is 7.64. The highest BCUT2D eigenvalue weighted by atomic mass is 35.5. The second-order valence-corrected chi connectivity index (χ2v) is 6.63. The Kier molecular flexibility index (Phi) is 5.89. The summed E-state index contributed by atoms with van der Waals surface area (Å²) in [5, 5.41) is 2.19. The molecule has 0 aliphatic rings. The van der Waals surface area contributed by atoms with Crippen molar-refractivity contribution in [3.8, 4) is 0 Å². The standard InChI is InChI=1S/C18H18ClF3N2O3/c1-8(2)27-17(26)14-9(3)15(23-10(14)4)16(25)24-13-6-5-11(7-12(13)19)18(20,21)22/h5-8,23H,1-4H3,(H,24,25). The molecule has 0 unspecified atom stereocenters. The lowest BCUT2D eigenvalue weighted by Gasteiger charge is -2.11. The number of hydrogen-bond acceptors (Lipinski definition) is 3. The molecular formula is C18H18ClF3N2O3. The molecule has 0 radical (unpaired) electrons. The number of benzene rings is 1. The van der Waals surface area contributed by atoms with Crippen LogP contribution in [-0.2, 0) is 10.9 Å². The molecule has 1 aromatic heterocycles. The van der Waals surface area contributed by atoms with Gasteiger partial charge in [-0.3, -0.25) is 4.79 Å². The number of carbonyl (C=O) groups is 2. The second-order valence-electron chi connectivity index (χ2n) is 6.23. The van der Waals surface area contributed by atoms with Gasteiger partial charge in [0.15, 0.2) is 0 Å². The minimum atomic E-state index is -4.54. The van der Waals surface area contributed by atoms with Crippen LogP contribution in [0.25, 0.3) is 0 Å². The summed E-state index contributed by atoms with van der Waals surface area (Å²) in [6.45, 7) is 6.60. The smallest absolute Gasteiger partial charge is 0.416 e. The molecule has 5 nitrogen and oxygen atoms in total. The number of aromatic nitrogens is 1. The maximum atomic E-state index is 12.7. The van der Waals surface area contributed by atoms with Crippen LogP contribution in [0.2, 0.25) is 5.02 Å². The zero-order valence-corrected chi connectivity index (χ0v) is 15.8. The molecule has 2 N–H and O–H groups in total. The molecule has 146 valence electrons. The first-order valence-electron chi connectivity index (χ1n) is 8.00. The van der Waals surface area contributed by atoms with E-state index in [1.54, 1.807) is 27.7 Å². The average molecular weight is 403 g/mol. The zero-order valence-electron chi connectivity index (χ0n) is 15.0. The Morgan fingerprint density at radius 2 is 1.85 bits per heavy atom. The van der Waals surface area contributed by atoms with Gasteiger partial charge in [-0.15, -0.1) is 0 Å². The number of nitrogens with one attached hydrogen (secondary N) is 2. The van der Waals surface area contributed by atoms with Crippen molar-refractivity contribution in [1.82, 2.24) is 4.98 Å². The highest BCUT2D eigenvalue weighted by Crippen LogP contribution is 2.34. The zero-order chi connectivity index (χ0) is 20.5. The molecule has 2 aromatic rings. The van der Waals surface area contributed by atoms with Crippen molar-refractivity contribution in [2.24, 2.45) is 0 Å². The summed E-state index contributed by atoms with van der Waals surface area (Å²) >= 11 is 5.85. The first-order chi connectivity index (χ1) is 12.4. The van der Waals surface area contributed by atoms with Crippen LogP contribution in [0.4, 0.5) is 18.9 Å². The van der Waals surface area contributed by atoms with Gasteiger partial charge >= 0.3 is 12.1 Å². The van der Waals surface area contributed by atoms with Crippen molar-refractivity contribution in [3.63, 3.8) is 0 Å². The number of halogens is 4. The molecule has 1 heterocycles. The lowest BCUT2D eigenvalue weighted by atomic mass is 10.1.